The van der Waals surface area contributed by atoms with Crippen molar-refractivity contribution in [3.05, 3.63) is 60.2 Å². The Bertz CT molecular complexity index is 976. The van der Waals surface area contributed by atoms with Gasteiger partial charge in [0.15, 0.2) is 6.10 Å². The van der Waals surface area contributed by atoms with Gasteiger partial charge in [0.2, 0.25) is 5.91 Å². The number of benzene rings is 2. The van der Waals surface area contributed by atoms with Crippen molar-refractivity contribution in [2.75, 3.05) is 31.5 Å². The van der Waals surface area contributed by atoms with E-state index in [1.54, 1.807) is 11.8 Å². The molecule has 1 saturated heterocycles. The maximum atomic E-state index is 12.8. The SMILES string of the molecule is CC(OC(=O)CC1Sc2ccccc2NC1=O)C(=O)N1CCN(Cc2ccccc2)CC1. The average molecular weight is 454 g/mol. The molecule has 2 unspecified atom stereocenters. The van der Waals surface area contributed by atoms with E-state index >= 15 is 0 Å². The third kappa shape index (κ3) is 5.49. The molecule has 2 aromatic rings. The van der Waals surface area contributed by atoms with E-state index in [1.165, 1.54) is 17.3 Å². The number of nitrogens with zero attached hydrogens (tertiary/aromatic N) is 2. The van der Waals surface area contributed by atoms with Crippen molar-refractivity contribution in [1.82, 2.24) is 9.80 Å². The maximum Gasteiger partial charge on any atom is 0.308 e. The normalized spacial score (nSPS) is 19.6. The summed E-state index contributed by atoms with van der Waals surface area (Å²) in [4.78, 5) is 42.5. The van der Waals surface area contributed by atoms with Crippen molar-refractivity contribution in [1.29, 1.82) is 0 Å². The van der Waals surface area contributed by atoms with Gasteiger partial charge in [0.25, 0.3) is 5.91 Å². The van der Waals surface area contributed by atoms with Gasteiger partial charge in [-0.2, -0.15) is 0 Å². The summed E-state index contributed by atoms with van der Waals surface area (Å²) in [5, 5.41) is 2.25. The lowest BCUT2D eigenvalue weighted by atomic mass is 10.2. The van der Waals surface area contributed by atoms with Crippen LogP contribution in [0, 0.1) is 0 Å². The van der Waals surface area contributed by atoms with E-state index < -0.39 is 17.3 Å². The van der Waals surface area contributed by atoms with Crippen LogP contribution in [-0.4, -0.2) is 65.1 Å². The largest absolute Gasteiger partial charge is 0.452 e. The second-order valence-corrected chi connectivity index (χ2v) is 9.26. The second kappa shape index (κ2) is 10.2. The molecular formula is C24H27N3O4S. The topological polar surface area (TPSA) is 78.9 Å². The minimum absolute atomic E-state index is 0.0761. The summed E-state index contributed by atoms with van der Waals surface area (Å²) in [6.07, 6.45) is -0.944. The zero-order valence-corrected chi connectivity index (χ0v) is 18.8. The van der Waals surface area contributed by atoms with Crippen molar-refractivity contribution in [2.45, 2.75) is 36.1 Å². The number of thioether (sulfide) groups is 1. The first-order chi connectivity index (χ1) is 15.5. The first-order valence-corrected chi connectivity index (χ1v) is 11.7. The molecule has 2 aromatic carbocycles. The first kappa shape index (κ1) is 22.4. The number of nitrogens with one attached hydrogen (secondary N) is 1. The lowest BCUT2D eigenvalue weighted by molar-refractivity contribution is -0.160. The number of carbonyl (C=O) groups excluding carboxylic acids is 3. The molecule has 2 heterocycles. The molecule has 7 nitrogen and oxygen atoms in total. The molecule has 168 valence electrons. The number of ether oxygens (including phenoxy) is 1. The molecule has 0 aromatic heterocycles. The van der Waals surface area contributed by atoms with Gasteiger partial charge in [0, 0.05) is 37.6 Å². The van der Waals surface area contributed by atoms with Crippen LogP contribution in [0.1, 0.15) is 18.9 Å². The van der Waals surface area contributed by atoms with E-state index in [0.29, 0.717) is 13.1 Å². The van der Waals surface area contributed by atoms with Crippen LogP contribution in [0.4, 0.5) is 5.69 Å². The van der Waals surface area contributed by atoms with Gasteiger partial charge in [-0.25, -0.2) is 0 Å². The van der Waals surface area contributed by atoms with E-state index in [1.807, 2.05) is 42.5 Å². The summed E-state index contributed by atoms with van der Waals surface area (Å²) in [7, 11) is 0. The average Bonchev–Trinajstić information content (AvgIpc) is 2.80. The molecule has 0 radical (unpaired) electrons. The monoisotopic (exact) mass is 453 g/mol. The summed E-state index contributed by atoms with van der Waals surface area (Å²) in [5.41, 5.74) is 2.00. The summed E-state index contributed by atoms with van der Waals surface area (Å²) >= 11 is 1.34. The van der Waals surface area contributed by atoms with Crippen LogP contribution >= 0.6 is 11.8 Å². The highest BCUT2D eigenvalue weighted by Gasteiger charge is 2.32. The molecule has 2 amide bonds. The molecular weight excluding hydrogens is 426 g/mol. The van der Waals surface area contributed by atoms with E-state index in [0.717, 1.165) is 30.2 Å². The Labute approximate surface area is 192 Å². The van der Waals surface area contributed by atoms with Crippen LogP contribution in [0.3, 0.4) is 0 Å². The Morgan fingerprint density at radius 1 is 1.06 bits per heavy atom. The predicted octanol–water partition coefficient (Wildman–Crippen LogP) is 2.77. The number of amides is 2. The van der Waals surface area contributed by atoms with Crippen LogP contribution in [0.25, 0.3) is 0 Å². The Morgan fingerprint density at radius 3 is 2.50 bits per heavy atom. The number of piperazine rings is 1. The minimum Gasteiger partial charge on any atom is -0.452 e. The highest BCUT2D eigenvalue weighted by atomic mass is 32.2. The molecule has 0 bridgehead atoms. The van der Waals surface area contributed by atoms with Crippen molar-refractivity contribution in [3.63, 3.8) is 0 Å². The third-order valence-corrected chi connectivity index (χ3v) is 6.92. The van der Waals surface area contributed by atoms with Crippen LogP contribution in [-0.2, 0) is 25.7 Å². The van der Waals surface area contributed by atoms with Gasteiger partial charge in [-0.3, -0.25) is 19.3 Å². The van der Waals surface area contributed by atoms with Crippen molar-refractivity contribution < 1.29 is 19.1 Å². The molecule has 2 aliphatic rings. The third-order valence-electron chi connectivity index (χ3n) is 5.65. The quantitative estimate of drug-likeness (QED) is 0.678. The van der Waals surface area contributed by atoms with Crippen LogP contribution < -0.4 is 5.32 Å². The molecule has 1 fully saturated rings. The van der Waals surface area contributed by atoms with Gasteiger partial charge in [0.1, 0.15) is 0 Å². The predicted molar refractivity (Wildman–Crippen MR) is 123 cm³/mol. The van der Waals surface area contributed by atoms with Crippen LogP contribution in [0.15, 0.2) is 59.5 Å². The Hall–Kier alpha value is -2.84. The fourth-order valence-electron chi connectivity index (χ4n) is 3.90. The van der Waals surface area contributed by atoms with Gasteiger partial charge in [-0.15, -0.1) is 11.8 Å². The molecule has 0 aliphatic carbocycles. The Kier molecular flexibility index (Phi) is 7.12. The van der Waals surface area contributed by atoms with E-state index in [4.69, 9.17) is 4.74 Å². The van der Waals surface area contributed by atoms with E-state index in [-0.39, 0.29) is 18.2 Å². The van der Waals surface area contributed by atoms with Gasteiger partial charge >= 0.3 is 5.97 Å². The van der Waals surface area contributed by atoms with Gasteiger partial charge in [-0.05, 0) is 24.6 Å². The summed E-state index contributed by atoms with van der Waals surface area (Å²) < 4.78 is 5.39. The van der Waals surface area contributed by atoms with Gasteiger partial charge in [0.05, 0.1) is 17.4 Å². The fraction of sp³-hybridized carbons (Fsp3) is 0.375. The second-order valence-electron chi connectivity index (χ2n) is 8.02. The van der Waals surface area contributed by atoms with E-state index in [9.17, 15) is 14.4 Å². The van der Waals surface area contributed by atoms with Crippen molar-refractivity contribution in [3.8, 4) is 0 Å². The van der Waals surface area contributed by atoms with Crippen LogP contribution in [0.5, 0.6) is 0 Å². The van der Waals surface area contributed by atoms with Crippen LogP contribution in [0.2, 0.25) is 0 Å². The van der Waals surface area contributed by atoms with Crippen molar-refractivity contribution in [2.24, 2.45) is 0 Å². The number of hydrogen-bond donors (Lipinski definition) is 1. The van der Waals surface area contributed by atoms with Gasteiger partial charge in [-0.1, -0.05) is 42.5 Å². The lowest BCUT2D eigenvalue weighted by Crippen LogP contribution is -2.51. The molecule has 0 saturated carbocycles. The summed E-state index contributed by atoms with van der Waals surface area (Å²) in [5.74, 6) is -0.955. The Morgan fingerprint density at radius 2 is 1.75 bits per heavy atom. The Balaban J connectivity index is 1.23. The highest BCUT2D eigenvalue weighted by Crippen LogP contribution is 2.36. The number of rotatable bonds is 6. The zero-order chi connectivity index (χ0) is 22.5. The fourth-order valence-corrected chi connectivity index (χ4v) is 4.99. The standard InChI is InChI=1S/C24H27N3O4S/c1-17(24(30)27-13-11-26(12-14-27)16-18-7-3-2-4-8-18)31-22(28)15-21-23(29)25-19-9-5-6-10-20(19)32-21/h2-10,17,21H,11-16H2,1H3,(H,25,29). The number of fused-ring (bicyclic) bond motifs is 1. The van der Waals surface area contributed by atoms with Crippen molar-refractivity contribution >= 4 is 35.2 Å². The molecule has 1 N–H and O–H groups in total. The number of anilines is 1. The number of para-hydroxylation sites is 1. The number of carbonyl (C=O) groups is 3. The molecule has 2 aliphatic heterocycles. The van der Waals surface area contributed by atoms with E-state index in [2.05, 4.69) is 22.3 Å². The molecule has 2 atom stereocenters. The first-order valence-electron chi connectivity index (χ1n) is 10.8. The van der Waals surface area contributed by atoms with Gasteiger partial charge < -0.3 is 15.0 Å². The zero-order valence-electron chi connectivity index (χ0n) is 18.0. The maximum absolute atomic E-state index is 12.8. The molecule has 0 spiro atoms. The number of hydrogen-bond acceptors (Lipinski definition) is 6. The molecule has 32 heavy (non-hydrogen) atoms. The smallest absolute Gasteiger partial charge is 0.308 e. The molecule has 4 rings (SSSR count). The summed E-state index contributed by atoms with van der Waals surface area (Å²) in [6, 6.07) is 17.7. The number of esters is 1. The molecule has 8 heteroatoms. The minimum atomic E-state index is -0.868. The highest BCUT2D eigenvalue weighted by molar-refractivity contribution is 8.01. The summed E-state index contributed by atoms with van der Waals surface area (Å²) in [6.45, 7) is 5.22. The lowest BCUT2D eigenvalue weighted by Gasteiger charge is -2.35.